The summed E-state index contributed by atoms with van der Waals surface area (Å²) in [7, 11) is 0. The number of halogens is 2. The number of hydrogen-bond acceptors (Lipinski definition) is 2. The summed E-state index contributed by atoms with van der Waals surface area (Å²) in [6.45, 7) is 4.14. The third kappa shape index (κ3) is 2.44. The van der Waals surface area contributed by atoms with E-state index in [-0.39, 0.29) is 23.9 Å². The van der Waals surface area contributed by atoms with Gasteiger partial charge in [-0.2, -0.15) is 0 Å². The van der Waals surface area contributed by atoms with Gasteiger partial charge in [-0.3, -0.25) is 0 Å². The summed E-state index contributed by atoms with van der Waals surface area (Å²) in [5.74, 6) is -0.334. The van der Waals surface area contributed by atoms with Crippen LogP contribution in [0.4, 0.5) is 9.18 Å². The van der Waals surface area contributed by atoms with E-state index in [2.05, 4.69) is 21.2 Å². The molecule has 1 aliphatic heterocycles. The molecule has 0 radical (unpaired) electrons. The second kappa shape index (κ2) is 4.29. The summed E-state index contributed by atoms with van der Waals surface area (Å²) in [5, 5.41) is 2.67. The zero-order valence-corrected chi connectivity index (χ0v) is 11.2. The minimum Gasteiger partial charge on any atom is -0.449 e. The van der Waals surface area contributed by atoms with E-state index in [9.17, 15) is 9.18 Å². The van der Waals surface area contributed by atoms with Crippen LogP contribution in [0.5, 0.6) is 0 Å². The van der Waals surface area contributed by atoms with Crippen molar-refractivity contribution in [2.24, 2.45) is 5.41 Å². The molecule has 0 bridgehead atoms. The highest BCUT2D eigenvalue weighted by Crippen LogP contribution is 2.37. The molecular weight excluding hydrogens is 289 g/mol. The van der Waals surface area contributed by atoms with E-state index < -0.39 is 6.09 Å². The van der Waals surface area contributed by atoms with Gasteiger partial charge in [-0.1, -0.05) is 35.8 Å². The molecule has 1 aliphatic rings. The number of rotatable bonds is 1. The maximum absolute atomic E-state index is 13.9. The van der Waals surface area contributed by atoms with Gasteiger partial charge in [-0.25, -0.2) is 9.18 Å². The minimum absolute atomic E-state index is 0.277. The highest BCUT2D eigenvalue weighted by atomic mass is 79.9. The molecule has 0 saturated carbocycles. The fourth-order valence-electron chi connectivity index (χ4n) is 1.92. The number of amides is 1. The molecular formula is C12H13BrFNO2. The van der Waals surface area contributed by atoms with E-state index in [1.165, 1.54) is 6.07 Å². The van der Waals surface area contributed by atoms with Gasteiger partial charge in [-0.15, -0.1) is 0 Å². The Morgan fingerprint density at radius 3 is 2.88 bits per heavy atom. The number of carbonyl (C=O) groups is 1. The van der Waals surface area contributed by atoms with Gasteiger partial charge >= 0.3 is 6.09 Å². The molecule has 0 spiro atoms. The average molecular weight is 302 g/mol. The molecule has 17 heavy (non-hydrogen) atoms. The summed E-state index contributed by atoms with van der Waals surface area (Å²) >= 11 is 3.21. The summed E-state index contributed by atoms with van der Waals surface area (Å²) in [6.07, 6.45) is -0.503. The van der Waals surface area contributed by atoms with Gasteiger partial charge in [0.2, 0.25) is 0 Å². The van der Waals surface area contributed by atoms with Crippen LogP contribution in [0.2, 0.25) is 0 Å². The zero-order chi connectivity index (χ0) is 12.6. The highest BCUT2D eigenvalue weighted by Gasteiger charge is 2.39. The second-order valence-electron chi connectivity index (χ2n) is 4.81. The first-order valence-corrected chi connectivity index (χ1v) is 6.08. The Morgan fingerprint density at radius 1 is 1.53 bits per heavy atom. The summed E-state index contributed by atoms with van der Waals surface area (Å²) < 4.78 is 19.5. The van der Waals surface area contributed by atoms with Crippen LogP contribution in [-0.2, 0) is 4.74 Å². The number of cyclic esters (lactones) is 1. The van der Waals surface area contributed by atoms with E-state index in [1.807, 2.05) is 13.8 Å². The van der Waals surface area contributed by atoms with Crippen molar-refractivity contribution in [2.75, 3.05) is 6.61 Å². The number of nitrogens with one attached hydrogen (secondary N) is 1. The van der Waals surface area contributed by atoms with Crippen LogP contribution < -0.4 is 5.32 Å². The Labute approximate surface area is 107 Å². The van der Waals surface area contributed by atoms with Crippen molar-refractivity contribution in [3.63, 3.8) is 0 Å². The number of benzene rings is 1. The Balaban J connectivity index is 2.39. The summed E-state index contributed by atoms with van der Waals surface area (Å²) in [5.41, 5.74) is 0.137. The van der Waals surface area contributed by atoms with Crippen molar-refractivity contribution < 1.29 is 13.9 Å². The minimum atomic E-state index is -0.503. The molecule has 5 heteroatoms. The van der Waals surface area contributed by atoms with Gasteiger partial charge in [0, 0.05) is 15.5 Å². The molecule has 1 aromatic rings. The maximum atomic E-state index is 13.9. The molecule has 1 atom stereocenters. The molecule has 1 N–H and O–H groups in total. The van der Waals surface area contributed by atoms with Gasteiger partial charge < -0.3 is 10.1 Å². The number of ether oxygens (including phenoxy) is 1. The summed E-state index contributed by atoms with van der Waals surface area (Å²) in [6, 6.07) is 4.46. The van der Waals surface area contributed by atoms with E-state index >= 15 is 0 Å². The fraction of sp³-hybridized carbons (Fsp3) is 0.417. The SMILES string of the molecule is CC1(C)COC(=O)N[C@H]1c1ccc(Br)cc1F. The van der Waals surface area contributed by atoms with Crippen LogP contribution in [-0.4, -0.2) is 12.7 Å². The Bertz CT molecular complexity index is 462. The highest BCUT2D eigenvalue weighted by molar-refractivity contribution is 9.10. The van der Waals surface area contributed by atoms with Crippen LogP contribution in [0.3, 0.4) is 0 Å². The Morgan fingerprint density at radius 2 is 2.24 bits per heavy atom. The number of alkyl carbamates (subject to hydrolysis) is 1. The lowest BCUT2D eigenvalue weighted by Crippen LogP contribution is -2.47. The molecule has 92 valence electrons. The summed E-state index contributed by atoms with van der Waals surface area (Å²) in [4.78, 5) is 11.2. The largest absolute Gasteiger partial charge is 0.449 e. The van der Waals surface area contributed by atoms with Crippen molar-refractivity contribution in [3.05, 3.63) is 34.1 Å². The predicted molar refractivity (Wildman–Crippen MR) is 65.1 cm³/mol. The monoisotopic (exact) mass is 301 g/mol. The molecule has 0 unspecified atom stereocenters. The third-order valence-corrected chi connectivity index (χ3v) is 3.39. The van der Waals surface area contributed by atoms with Crippen LogP contribution >= 0.6 is 15.9 Å². The number of hydrogen-bond donors (Lipinski definition) is 1. The second-order valence-corrected chi connectivity index (χ2v) is 5.72. The van der Waals surface area contributed by atoms with Gasteiger partial charge in [-0.05, 0) is 12.1 Å². The number of carbonyl (C=O) groups excluding carboxylic acids is 1. The third-order valence-electron chi connectivity index (χ3n) is 2.89. The van der Waals surface area contributed by atoms with Crippen LogP contribution in [0, 0.1) is 11.2 Å². The normalized spacial score (nSPS) is 22.8. The quantitative estimate of drug-likeness (QED) is 0.863. The predicted octanol–water partition coefficient (Wildman–Crippen LogP) is 3.40. The molecule has 1 aromatic carbocycles. The topological polar surface area (TPSA) is 38.3 Å². The zero-order valence-electron chi connectivity index (χ0n) is 9.59. The molecule has 1 saturated heterocycles. The molecule has 3 nitrogen and oxygen atoms in total. The van der Waals surface area contributed by atoms with E-state index in [0.717, 1.165) is 0 Å². The van der Waals surface area contributed by atoms with Gasteiger partial charge in [0.25, 0.3) is 0 Å². The van der Waals surface area contributed by atoms with Crippen LogP contribution in [0.15, 0.2) is 22.7 Å². The Hall–Kier alpha value is -1.10. The smallest absolute Gasteiger partial charge is 0.407 e. The first kappa shape index (κ1) is 12.4. The first-order chi connectivity index (χ1) is 7.90. The van der Waals surface area contributed by atoms with E-state index in [0.29, 0.717) is 10.0 Å². The molecule has 1 amide bonds. The first-order valence-electron chi connectivity index (χ1n) is 5.28. The molecule has 0 aliphatic carbocycles. The molecule has 1 heterocycles. The Kier molecular flexibility index (Phi) is 3.12. The molecule has 0 aromatic heterocycles. The van der Waals surface area contributed by atoms with Crippen molar-refractivity contribution >= 4 is 22.0 Å². The van der Waals surface area contributed by atoms with E-state index in [4.69, 9.17) is 4.74 Å². The van der Waals surface area contributed by atoms with E-state index in [1.54, 1.807) is 12.1 Å². The van der Waals surface area contributed by atoms with Crippen molar-refractivity contribution in [2.45, 2.75) is 19.9 Å². The van der Waals surface area contributed by atoms with Gasteiger partial charge in [0.05, 0.1) is 6.04 Å². The van der Waals surface area contributed by atoms with Crippen LogP contribution in [0.1, 0.15) is 25.5 Å². The average Bonchev–Trinajstić information content (AvgIpc) is 2.23. The fourth-order valence-corrected chi connectivity index (χ4v) is 2.26. The lowest BCUT2D eigenvalue weighted by molar-refractivity contribution is 0.0378. The molecule has 2 rings (SSSR count). The standard InChI is InChI=1S/C12H13BrFNO2/c1-12(2)6-17-11(16)15-10(12)8-4-3-7(13)5-9(8)14/h3-5,10H,6H2,1-2H3,(H,15,16)/t10-/m0/s1. The van der Waals surface area contributed by atoms with Crippen molar-refractivity contribution in [3.8, 4) is 0 Å². The van der Waals surface area contributed by atoms with Crippen molar-refractivity contribution in [1.82, 2.24) is 5.32 Å². The maximum Gasteiger partial charge on any atom is 0.407 e. The lowest BCUT2D eigenvalue weighted by atomic mass is 9.80. The van der Waals surface area contributed by atoms with Gasteiger partial charge in [0.1, 0.15) is 12.4 Å². The van der Waals surface area contributed by atoms with Crippen LogP contribution in [0.25, 0.3) is 0 Å². The molecule has 1 fully saturated rings. The van der Waals surface area contributed by atoms with Crippen molar-refractivity contribution in [1.29, 1.82) is 0 Å². The lowest BCUT2D eigenvalue weighted by Gasteiger charge is -2.38. The van der Waals surface area contributed by atoms with Gasteiger partial charge in [0.15, 0.2) is 0 Å².